The highest BCUT2D eigenvalue weighted by molar-refractivity contribution is 6.32. The molecule has 0 spiro atoms. The molecule has 0 aliphatic rings. The summed E-state index contributed by atoms with van der Waals surface area (Å²) in [5.74, 6) is 0.145. The van der Waals surface area contributed by atoms with Crippen LogP contribution in [0, 0.1) is 0 Å². The molecule has 1 aromatic carbocycles. The van der Waals surface area contributed by atoms with E-state index in [1.807, 2.05) is 26.0 Å². The maximum atomic E-state index is 9.68. The molecule has 1 aromatic rings. The molecule has 0 bridgehead atoms. The number of hydrogen-bond acceptors (Lipinski definition) is 3. The highest BCUT2D eigenvalue weighted by atomic mass is 35.5. The van der Waals surface area contributed by atoms with Crippen molar-refractivity contribution in [1.82, 2.24) is 5.32 Å². The molecule has 1 rings (SSSR count). The lowest BCUT2D eigenvalue weighted by molar-refractivity contribution is 0.0230. The van der Waals surface area contributed by atoms with Crippen molar-refractivity contribution in [1.29, 1.82) is 0 Å². The third kappa shape index (κ3) is 3.67. The van der Waals surface area contributed by atoms with Crippen LogP contribution in [0.5, 0.6) is 5.75 Å². The summed E-state index contributed by atoms with van der Waals surface area (Å²) in [4.78, 5) is 0. The van der Waals surface area contributed by atoms with Gasteiger partial charge in [0.2, 0.25) is 0 Å². The number of hydrogen-bond donors (Lipinski definition) is 2. The third-order valence-corrected chi connectivity index (χ3v) is 2.79. The monoisotopic (exact) mass is 243 g/mol. The second kappa shape index (κ2) is 5.53. The number of aromatic hydroxyl groups is 1. The van der Waals surface area contributed by atoms with E-state index in [1.54, 1.807) is 13.2 Å². The number of phenolic OH excluding ortho intramolecular Hbond substituents is 1. The SMILES string of the molecule is COC(C)(C)CNCc1cccc(Cl)c1O. The van der Waals surface area contributed by atoms with Gasteiger partial charge in [-0.2, -0.15) is 0 Å². The zero-order valence-corrected chi connectivity index (χ0v) is 10.6. The van der Waals surface area contributed by atoms with Crippen molar-refractivity contribution in [3.8, 4) is 5.75 Å². The number of halogens is 1. The smallest absolute Gasteiger partial charge is 0.138 e. The van der Waals surface area contributed by atoms with Gasteiger partial charge in [-0.15, -0.1) is 0 Å². The first-order chi connectivity index (χ1) is 7.46. The van der Waals surface area contributed by atoms with Crippen molar-refractivity contribution in [3.05, 3.63) is 28.8 Å². The Kier molecular flexibility index (Phi) is 4.59. The Bertz CT molecular complexity index is 353. The van der Waals surface area contributed by atoms with Crippen molar-refractivity contribution in [3.63, 3.8) is 0 Å². The van der Waals surface area contributed by atoms with Gasteiger partial charge in [-0.05, 0) is 19.9 Å². The molecule has 16 heavy (non-hydrogen) atoms. The fourth-order valence-electron chi connectivity index (χ4n) is 1.27. The highest BCUT2D eigenvalue weighted by Crippen LogP contribution is 2.26. The van der Waals surface area contributed by atoms with Crippen LogP contribution in [-0.4, -0.2) is 24.4 Å². The van der Waals surface area contributed by atoms with Crippen molar-refractivity contribution >= 4 is 11.6 Å². The molecule has 0 aromatic heterocycles. The predicted octanol–water partition coefficient (Wildman–Crippen LogP) is 2.56. The molecule has 0 saturated heterocycles. The first-order valence-corrected chi connectivity index (χ1v) is 5.56. The fourth-order valence-corrected chi connectivity index (χ4v) is 1.47. The number of methoxy groups -OCH3 is 1. The molecular weight excluding hydrogens is 226 g/mol. The van der Waals surface area contributed by atoms with Crippen LogP contribution in [0.2, 0.25) is 5.02 Å². The number of nitrogens with one attached hydrogen (secondary N) is 1. The van der Waals surface area contributed by atoms with Crippen molar-refractivity contribution in [2.75, 3.05) is 13.7 Å². The maximum absolute atomic E-state index is 9.68. The summed E-state index contributed by atoms with van der Waals surface area (Å²) in [5.41, 5.74) is 0.577. The van der Waals surface area contributed by atoms with Crippen molar-refractivity contribution < 1.29 is 9.84 Å². The quantitative estimate of drug-likeness (QED) is 0.835. The second-order valence-corrected chi connectivity index (χ2v) is 4.72. The number of benzene rings is 1. The van der Waals surface area contributed by atoms with Crippen LogP contribution in [0.3, 0.4) is 0 Å². The average Bonchev–Trinajstić information content (AvgIpc) is 2.24. The van der Waals surface area contributed by atoms with Crippen molar-refractivity contribution in [2.45, 2.75) is 26.0 Å². The van der Waals surface area contributed by atoms with Gasteiger partial charge < -0.3 is 15.2 Å². The van der Waals surface area contributed by atoms with E-state index in [4.69, 9.17) is 16.3 Å². The summed E-state index contributed by atoms with van der Waals surface area (Å²) in [5, 5.41) is 13.3. The van der Waals surface area contributed by atoms with E-state index in [0.717, 1.165) is 5.56 Å². The minimum Gasteiger partial charge on any atom is -0.506 e. The van der Waals surface area contributed by atoms with Gasteiger partial charge in [0.1, 0.15) is 5.75 Å². The Morgan fingerprint density at radius 3 is 2.75 bits per heavy atom. The average molecular weight is 244 g/mol. The van der Waals surface area contributed by atoms with Gasteiger partial charge in [-0.25, -0.2) is 0 Å². The summed E-state index contributed by atoms with van der Waals surface area (Å²) in [6.07, 6.45) is 0. The van der Waals surface area contributed by atoms with Crippen molar-refractivity contribution in [2.24, 2.45) is 0 Å². The van der Waals surface area contributed by atoms with E-state index >= 15 is 0 Å². The standard InChI is InChI=1S/C12H18ClNO2/c1-12(2,16-3)8-14-7-9-5-4-6-10(13)11(9)15/h4-6,14-15H,7-8H2,1-3H3. The number of phenols is 1. The molecule has 0 aliphatic heterocycles. The lowest BCUT2D eigenvalue weighted by Crippen LogP contribution is -2.36. The molecule has 3 nitrogen and oxygen atoms in total. The number of para-hydroxylation sites is 1. The van der Waals surface area contributed by atoms with Crippen LogP contribution in [0.25, 0.3) is 0 Å². The Balaban J connectivity index is 2.53. The Hall–Kier alpha value is -0.770. The van der Waals surface area contributed by atoms with E-state index in [9.17, 15) is 5.11 Å². The molecule has 90 valence electrons. The Morgan fingerprint density at radius 1 is 1.44 bits per heavy atom. The van der Waals surface area contributed by atoms with E-state index in [-0.39, 0.29) is 11.4 Å². The second-order valence-electron chi connectivity index (χ2n) is 4.31. The summed E-state index contributed by atoms with van der Waals surface area (Å²) >= 11 is 5.81. The van der Waals surface area contributed by atoms with Gasteiger partial charge >= 0.3 is 0 Å². The molecule has 0 amide bonds. The molecule has 0 aliphatic carbocycles. The Morgan fingerprint density at radius 2 is 2.12 bits per heavy atom. The van der Waals surface area contributed by atoms with Crippen LogP contribution in [0.15, 0.2) is 18.2 Å². The van der Waals surface area contributed by atoms with Crippen LogP contribution in [0.4, 0.5) is 0 Å². The van der Waals surface area contributed by atoms with Gasteiger partial charge in [0.25, 0.3) is 0 Å². The van der Waals surface area contributed by atoms with Crippen LogP contribution < -0.4 is 5.32 Å². The topological polar surface area (TPSA) is 41.5 Å². The lowest BCUT2D eigenvalue weighted by atomic mass is 10.1. The molecule has 0 unspecified atom stereocenters. The zero-order chi connectivity index (χ0) is 12.2. The van der Waals surface area contributed by atoms with E-state index in [2.05, 4.69) is 5.32 Å². The number of rotatable bonds is 5. The summed E-state index contributed by atoms with van der Waals surface area (Å²) in [6, 6.07) is 5.33. The predicted molar refractivity (Wildman–Crippen MR) is 65.9 cm³/mol. The molecule has 4 heteroatoms. The van der Waals surface area contributed by atoms with Gasteiger partial charge in [-0.1, -0.05) is 23.7 Å². The van der Waals surface area contributed by atoms with Gasteiger partial charge in [0.05, 0.1) is 10.6 Å². The number of ether oxygens (including phenoxy) is 1. The maximum Gasteiger partial charge on any atom is 0.138 e. The summed E-state index contributed by atoms with van der Waals surface area (Å²) in [6.45, 7) is 5.27. The van der Waals surface area contributed by atoms with E-state index < -0.39 is 0 Å². The zero-order valence-electron chi connectivity index (χ0n) is 9.88. The lowest BCUT2D eigenvalue weighted by Gasteiger charge is -2.23. The molecule has 2 N–H and O–H groups in total. The molecule has 0 radical (unpaired) electrons. The molecular formula is C12H18ClNO2. The first kappa shape index (κ1) is 13.3. The van der Waals surface area contributed by atoms with Crippen LogP contribution in [0.1, 0.15) is 19.4 Å². The molecule has 0 atom stereocenters. The van der Waals surface area contributed by atoms with E-state index in [1.165, 1.54) is 0 Å². The minimum atomic E-state index is -0.214. The van der Waals surface area contributed by atoms with Gasteiger partial charge in [0, 0.05) is 25.8 Å². The molecule has 0 saturated carbocycles. The van der Waals surface area contributed by atoms with E-state index in [0.29, 0.717) is 18.1 Å². The van der Waals surface area contributed by atoms with Gasteiger partial charge in [0.15, 0.2) is 0 Å². The minimum absolute atomic E-state index is 0.145. The normalized spacial score (nSPS) is 11.8. The van der Waals surface area contributed by atoms with Gasteiger partial charge in [-0.3, -0.25) is 0 Å². The fraction of sp³-hybridized carbons (Fsp3) is 0.500. The third-order valence-electron chi connectivity index (χ3n) is 2.49. The first-order valence-electron chi connectivity index (χ1n) is 5.18. The highest BCUT2D eigenvalue weighted by Gasteiger charge is 2.15. The molecule has 0 heterocycles. The summed E-state index contributed by atoms with van der Waals surface area (Å²) in [7, 11) is 1.68. The molecule has 0 fully saturated rings. The summed E-state index contributed by atoms with van der Waals surface area (Å²) < 4.78 is 5.28. The Labute approximate surface area is 101 Å². The van der Waals surface area contributed by atoms with Crippen LogP contribution in [-0.2, 0) is 11.3 Å². The largest absolute Gasteiger partial charge is 0.506 e. The van der Waals surface area contributed by atoms with Crippen LogP contribution >= 0.6 is 11.6 Å².